The van der Waals surface area contributed by atoms with Crippen molar-refractivity contribution < 1.29 is 4.52 Å². The van der Waals surface area contributed by atoms with Crippen molar-refractivity contribution in [1.82, 2.24) is 19.7 Å². The molecule has 0 bridgehead atoms. The minimum absolute atomic E-state index is 0.184. The molecule has 0 saturated heterocycles. The zero-order valence-electron chi connectivity index (χ0n) is 10.1. The molecule has 0 unspecified atom stereocenters. The van der Waals surface area contributed by atoms with Crippen LogP contribution in [-0.4, -0.2) is 19.7 Å². The van der Waals surface area contributed by atoms with Crippen LogP contribution >= 0.6 is 0 Å². The minimum Gasteiger partial charge on any atom is -0.337 e. The summed E-state index contributed by atoms with van der Waals surface area (Å²) in [6.07, 6.45) is 6.55. The fourth-order valence-corrected chi connectivity index (χ4v) is 1.61. The highest BCUT2D eigenvalue weighted by Crippen LogP contribution is 2.18. The summed E-state index contributed by atoms with van der Waals surface area (Å²) in [6.45, 7) is 2.12. The van der Waals surface area contributed by atoms with E-state index in [1.54, 1.807) is 6.20 Å². The van der Waals surface area contributed by atoms with Crippen LogP contribution in [0.1, 0.15) is 38.1 Å². The molecular formula is C11H17N5O. The molecule has 2 heterocycles. The summed E-state index contributed by atoms with van der Waals surface area (Å²) in [5.74, 6) is 1.65. The number of aryl methyl sites for hydroxylation is 1. The molecule has 0 amide bonds. The van der Waals surface area contributed by atoms with E-state index in [4.69, 9.17) is 10.3 Å². The summed E-state index contributed by atoms with van der Waals surface area (Å²) in [5, 5.41) is 3.90. The van der Waals surface area contributed by atoms with Crippen molar-refractivity contribution in [3.63, 3.8) is 0 Å². The Morgan fingerprint density at radius 3 is 3.00 bits per heavy atom. The summed E-state index contributed by atoms with van der Waals surface area (Å²) < 4.78 is 7.00. The van der Waals surface area contributed by atoms with E-state index in [-0.39, 0.29) is 6.04 Å². The molecular weight excluding hydrogens is 218 g/mol. The molecule has 2 rings (SSSR count). The average molecular weight is 235 g/mol. The number of rotatable bonds is 5. The summed E-state index contributed by atoms with van der Waals surface area (Å²) in [5.41, 5.74) is 5.96. The Morgan fingerprint density at radius 2 is 2.35 bits per heavy atom. The maximum atomic E-state index is 5.96. The second-order valence-electron chi connectivity index (χ2n) is 4.07. The fourth-order valence-electron chi connectivity index (χ4n) is 1.61. The number of aromatic nitrogens is 4. The van der Waals surface area contributed by atoms with E-state index in [0.29, 0.717) is 17.5 Å². The van der Waals surface area contributed by atoms with Crippen molar-refractivity contribution in [3.8, 4) is 11.6 Å². The first kappa shape index (κ1) is 11.8. The molecule has 2 aromatic rings. The molecule has 6 heteroatoms. The zero-order chi connectivity index (χ0) is 12.3. The Bertz CT molecular complexity index is 476. The highest BCUT2D eigenvalue weighted by Gasteiger charge is 2.17. The molecule has 0 aliphatic rings. The van der Waals surface area contributed by atoms with Gasteiger partial charge in [0.1, 0.15) is 0 Å². The largest absolute Gasteiger partial charge is 0.337 e. The smallest absolute Gasteiger partial charge is 0.243 e. The number of imidazole rings is 1. The van der Waals surface area contributed by atoms with Gasteiger partial charge in [0.25, 0.3) is 0 Å². The van der Waals surface area contributed by atoms with Gasteiger partial charge in [-0.05, 0) is 6.42 Å². The van der Waals surface area contributed by atoms with Gasteiger partial charge in [-0.15, -0.1) is 0 Å². The topological polar surface area (TPSA) is 82.8 Å². The zero-order valence-corrected chi connectivity index (χ0v) is 10.1. The second-order valence-corrected chi connectivity index (χ2v) is 4.07. The summed E-state index contributed by atoms with van der Waals surface area (Å²) in [6, 6.07) is -0.184. The van der Waals surface area contributed by atoms with Crippen LogP contribution in [0.3, 0.4) is 0 Å². The lowest BCUT2D eigenvalue weighted by Gasteiger charge is -2.03. The highest BCUT2D eigenvalue weighted by molar-refractivity contribution is 5.42. The SMILES string of the molecule is CCCC[C@H](N)c1nc(-c2nccn2C)no1. The van der Waals surface area contributed by atoms with E-state index < -0.39 is 0 Å². The van der Waals surface area contributed by atoms with Gasteiger partial charge >= 0.3 is 0 Å². The third-order valence-corrected chi connectivity index (χ3v) is 2.65. The van der Waals surface area contributed by atoms with Crippen molar-refractivity contribution in [2.24, 2.45) is 12.8 Å². The van der Waals surface area contributed by atoms with Gasteiger partial charge in [0.05, 0.1) is 6.04 Å². The Labute approximate surface area is 99.8 Å². The van der Waals surface area contributed by atoms with Crippen molar-refractivity contribution in [3.05, 3.63) is 18.3 Å². The molecule has 0 spiro atoms. The summed E-state index contributed by atoms with van der Waals surface area (Å²) in [4.78, 5) is 8.44. The number of hydrogen-bond donors (Lipinski definition) is 1. The van der Waals surface area contributed by atoms with E-state index in [1.807, 2.05) is 17.8 Å². The van der Waals surface area contributed by atoms with Gasteiger partial charge in [0.2, 0.25) is 11.7 Å². The average Bonchev–Trinajstić information content (AvgIpc) is 2.93. The van der Waals surface area contributed by atoms with E-state index in [9.17, 15) is 0 Å². The lowest BCUT2D eigenvalue weighted by molar-refractivity contribution is 0.346. The Kier molecular flexibility index (Phi) is 3.53. The predicted octanol–water partition coefficient (Wildman–Crippen LogP) is 1.66. The van der Waals surface area contributed by atoms with Gasteiger partial charge in [-0.25, -0.2) is 4.98 Å². The molecule has 6 nitrogen and oxygen atoms in total. The van der Waals surface area contributed by atoms with Gasteiger partial charge in [0.15, 0.2) is 5.82 Å². The standard InChI is InChI=1S/C11H17N5O/c1-3-4-5-8(12)11-14-9(15-17-11)10-13-6-7-16(10)2/h6-8H,3-5,12H2,1-2H3/t8-/m0/s1. The molecule has 0 aromatic carbocycles. The quantitative estimate of drug-likeness (QED) is 0.852. The van der Waals surface area contributed by atoms with Crippen LogP contribution in [0.15, 0.2) is 16.9 Å². The lowest BCUT2D eigenvalue weighted by Crippen LogP contribution is -2.10. The summed E-state index contributed by atoms with van der Waals surface area (Å²) >= 11 is 0. The second kappa shape index (κ2) is 5.09. The van der Waals surface area contributed by atoms with Crippen LogP contribution in [0.2, 0.25) is 0 Å². The number of hydrogen-bond acceptors (Lipinski definition) is 5. The van der Waals surface area contributed by atoms with Crippen LogP contribution < -0.4 is 5.73 Å². The molecule has 0 radical (unpaired) electrons. The van der Waals surface area contributed by atoms with E-state index >= 15 is 0 Å². The first-order valence-electron chi connectivity index (χ1n) is 5.79. The third-order valence-electron chi connectivity index (χ3n) is 2.65. The Balaban J connectivity index is 2.13. The molecule has 2 N–H and O–H groups in total. The molecule has 2 aromatic heterocycles. The van der Waals surface area contributed by atoms with Crippen LogP contribution in [-0.2, 0) is 7.05 Å². The van der Waals surface area contributed by atoms with Crippen molar-refractivity contribution >= 4 is 0 Å². The van der Waals surface area contributed by atoms with Gasteiger partial charge in [-0.1, -0.05) is 24.9 Å². The Hall–Kier alpha value is -1.69. The van der Waals surface area contributed by atoms with Crippen LogP contribution in [0.5, 0.6) is 0 Å². The van der Waals surface area contributed by atoms with Crippen molar-refractivity contribution in [1.29, 1.82) is 0 Å². The molecule has 1 atom stereocenters. The lowest BCUT2D eigenvalue weighted by atomic mass is 10.1. The van der Waals surface area contributed by atoms with E-state index in [0.717, 1.165) is 19.3 Å². The monoisotopic (exact) mass is 235 g/mol. The molecule has 92 valence electrons. The Morgan fingerprint density at radius 1 is 1.53 bits per heavy atom. The van der Waals surface area contributed by atoms with Crippen LogP contribution in [0, 0.1) is 0 Å². The predicted molar refractivity (Wildman–Crippen MR) is 63.0 cm³/mol. The van der Waals surface area contributed by atoms with Crippen molar-refractivity contribution in [2.75, 3.05) is 0 Å². The number of nitrogens with zero attached hydrogens (tertiary/aromatic N) is 4. The molecule has 17 heavy (non-hydrogen) atoms. The fraction of sp³-hybridized carbons (Fsp3) is 0.545. The molecule has 0 aliphatic heterocycles. The molecule has 0 fully saturated rings. The van der Waals surface area contributed by atoms with Gasteiger partial charge < -0.3 is 14.8 Å². The maximum absolute atomic E-state index is 5.96. The first-order valence-corrected chi connectivity index (χ1v) is 5.79. The summed E-state index contributed by atoms with van der Waals surface area (Å²) in [7, 11) is 1.88. The normalized spacial score (nSPS) is 12.9. The van der Waals surface area contributed by atoms with Gasteiger partial charge in [-0.2, -0.15) is 4.98 Å². The molecule has 0 aliphatic carbocycles. The third kappa shape index (κ3) is 2.52. The number of unbranched alkanes of at least 4 members (excludes halogenated alkanes) is 1. The van der Waals surface area contributed by atoms with Gasteiger partial charge in [-0.3, -0.25) is 0 Å². The first-order chi connectivity index (χ1) is 8.22. The number of nitrogens with two attached hydrogens (primary N) is 1. The maximum Gasteiger partial charge on any atom is 0.243 e. The minimum atomic E-state index is -0.184. The van der Waals surface area contributed by atoms with Crippen molar-refractivity contribution in [2.45, 2.75) is 32.2 Å². The highest BCUT2D eigenvalue weighted by atomic mass is 16.5. The van der Waals surface area contributed by atoms with E-state index in [2.05, 4.69) is 22.0 Å². The van der Waals surface area contributed by atoms with Crippen LogP contribution in [0.25, 0.3) is 11.6 Å². The van der Waals surface area contributed by atoms with Gasteiger partial charge in [0, 0.05) is 19.4 Å². The molecule has 0 saturated carbocycles. The van der Waals surface area contributed by atoms with Crippen LogP contribution in [0.4, 0.5) is 0 Å². The van der Waals surface area contributed by atoms with E-state index in [1.165, 1.54) is 0 Å².